The average molecular weight is 210 g/mol. The second-order valence-corrected chi connectivity index (χ2v) is 3.71. The van der Waals surface area contributed by atoms with E-state index in [-0.39, 0.29) is 7.43 Å². The number of rotatable bonds is 2. The molecule has 0 atom stereocenters. The highest BCUT2D eigenvalue weighted by Crippen LogP contribution is 2.23. The first-order valence-corrected chi connectivity index (χ1v) is 5.43. The molecule has 0 bridgehead atoms. The minimum Gasteiger partial charge on any atom is -0.159 e. The van der Waals surface area contributed by atoms with Crippen LogP contribution < -0.4 is 0 Å². The summed E-state index contributed by atoms with van der Waals surface area (Å²) in [6.07, 6.45) is 3.75. The third-order valence-corrected chi connectivity index (χ3v) is 2.04. The lowest BCUT2D eigenvalue weighted by Crippen LogP contribution is -2.00. The molecule has 0 N–H and O–H groups in total. The van der Waals surface area contributed by atoms with Gasteiger partial charge in [0.1, 0.15) is 0 Å². The summed E-state index contributed by atoms with van der Waals surface area (Å²) < 4.78 is 0. The topological polar surface area (TPSA) is 25.8 Å². The fourth-order valence-corrected chi connectivity index (χ4v) is 1.30. The van der Waals surface area contributed by atoms with Crippen molar-refractivity contribution >= 4 is 0 Å². The molecule has 0 fully saturated rings. The Hall–Kier alpha value is -0.920. The summed E-state index contributed by atoms with van der Waals surface area (Å²) in [5, 5.41) is 7.80. The van der Waals surface area contributed by atoms with E-state index in [1.54, 1.807) is 0 Å². The van der Waals surface area contributed by atoms with Crippen LogP contribution in [-0.4, -0.2) is 10.2 Å². The summed E-state index contributed by atoms with van der Waals surface area (Å²) in [7, 11) is 0. The van der Waals surface area contributed by atoms with Gasteiger partial charge in [-0.1, -0.05) is 49.0 Å². The van der Waals surface area contributed by atoms with Gasteiger partial charge in [0.2, 0.25) is 0 Å². The van der Waals surface area contributed by atoms with Crippen molar-refractivity contribution in [1.82, 2.24) is 10.2 Å². The Kier molecular flexibility index (Phi) is 9.24. The van der Waals surface area contributed by atoms with E-state index in [4.69, 9.17) is 0 Å². The average Bonchev–Trinajstić information content (AvgIpc) is 2.20. The molecule has 0 aromatic carbocycles. The summed E-state index contributed by atoms with van der Waals surface area (Å²) >= 11 is 0. The van der Waals surface area contributed by atoms with Crippen LogP contribution in [0.25, 0.3) is 0 Å². The van der Waals surface area contributed by atoms with E-state index in [9.17, 15) is 0 Å². The first kappa shape index (κ1) is 16.5. The van der Waals surface area contributed by atoms with Crippen LogP contribution in [0.5, 0.6) is 0 Å². The van der Waals surface area contributed by atoms with Gasteiger partial charge in [-0.15, -0.1) is 0 Å². The van der Waals surface area contributed by atoms with Crippen molar-refractivity contribution in [2.45, 2.75) is 60.8 Å². The van der Waals surface area contributed by atoms with E-state index in [1.807, 2.05) is 26.2 Å². The highest BCUT2D eigenvalue weighted by molar-refractivity contribution is 5.26. The van der Waals surface area contributed by atoms with Gasteiger partial charge in [-0.05, 0) is 23.0 Å². The third-order valence-electron chi connectivity index (χ3n) is 2.04. The highest BCUT2D eigenvalue weighted by atomic mass is 15.1. The Labute approximate surface area is 95.1 Å². The van der Waals surface area contributed by atoms with E-state index in [2.05, 4.69) is 37.9 Å². The van der Waals surface area contributed by atoms with Crippen molar-refractivity contribution in [3.63, 3.8) is 0 Å². The van der Waals surface area contributed by atoms with Crippen LogP contribution >= 0.6 is 0 Å². The Bertz CT molecular complexity index is 227. The van der Waals surface area contributed by atoms with Crippen molar-refractivity contribution in [1.29, 1.82) is 0 Å². The number of hydrogen-bond donors (Lipinski definition) is 0. The van der Waals surface area contributed by atoms with Gasteiger partial charge in [-0.3, -0.25) is 0 Å². The molecular formula is C13H26N2. The smallest absolute Gasteiger partial charge is 0.0533 e. The van der Waals surface area contributed by atoms with Gasteiger partial charge in [-0.25, -0.2) is 0 Å². The summed E-state index contributed by atoms with van der Waals surface area (Å²) in [5.74, 6) is 1.08. The second kappa shape index (κ2) is 8.39. The van der Waals surface area contributed by atoms with Crippen LogP contribution in [-0.2, 0) is 0 Å². The molecule has 0 aliphatic heterocycles. The molecule has 0 saturated carbocycles. The van der Waals surface area contributed by atoms with E-state index in [0.29, 0.717) is 11.8 Å². The van der Waals surface area contributed by atoms with Crippen LogP contribution in [0.2, 0.25) is 0 Å². The minimum atomic E-state index is 0. The third kappa shape index (κ3) is 4.91. The van der Waals surface area contributed by atoms with Crippen LogP contribution in [0, 0.1) is 0 Å². The molecule has 0 aliphatic carbocycles. The molecule has 0 radical (unpaired) electrons. The number of hydrogen-bond acceptors (Lipinski definition) is 2. The number of aromatic nitrogens is 2. The van der Waals surface area contributed by atoms with Gasteiger partial charge in [0, 0.05) is 0 Å². The summed E-state index contributed by atoms with van der Waals surface area (Å²) in [6, 6.07) is 0. The SMILES string of the molecule is C.CC.CC(C)c1cnncc1C(C)C. The lowest BCUT2D eigenvalue weighted by atomic mass is 9.94. The van der Waals surface area contributed by atoms with Crippen molar-refractivity contribution in [2.75, 3.05) is 0 Å². The van der Waals surface area contributed by atoms with E-state index < -0.39 is 0 Å². The maximum Gasteiger partial charge on any atom is 0.0533 e. The van der Waals surface area contributed by atoms with Gasteiger partial charge in [-0.2, -0.15) is 10.2 Å². The van der Waals surface area contributed by atoms with Crippen molar-refractivity contribution in [3.8, 4) is 0 Å². The molecule has 0 aliphatic rings. The van der Waals surface area contributed by atoms with Crippen LogP contribution in [0.4, 0.5) is 0 Å². The van der Waals surface area contributed by atoms with E-state index >= 15 is 0 Å². The zero-order valence-electron chi connectivity index (χ0n) is 10.2. The van der Waals surface area contributed by atoms with Gasteiger partial charge in [0.05, 0.1) is 12.4 Å². The fraction of sp³-hybridized carbons (Fsp3) is 0.692. The first-order chi connectivity index (χ1) is 6.63. The normalized spacial score (nSPS) is 9.33. The standard InChI is InChI=1S/C10H16N2.C2H6.CH4/c1-7(2)9-5-11-12-6-10(9)8(3)4;1-2;/h5-8H,1-4H3;1-2H3;1H4. The van der Waals surface area contributed by atoms with E-state index in [1.165, 1.54) is 11.1 Å². The monoisotopic (exact) mass is 210 g/mol. The van der Waals surface area contributed by atoms with Crippen molar-refractivity contribution in [3.05, 3.63) is 23.5 Å². The maximum atomic E-state index is 3.90. The van der Waals surface area contributed by atoms with Crippen LogP contribution in [0.3, 0.4) is 0 Å². The Morgan fingerprint density at radius 2 is 1.07 bits per heavy atom. The largest absolute Gasteiger partial charge is 0.159 e. The molecule has 2 nitrogen and oxygen atoms in total. The predicted molar refractivity (Wildman–Crippen MR) is 68.3 cm³/mol. The highest BCUT2D eigenvalue weighted by Gasteiger charge is 2.09. The zero-order valence-corrected chi connectivity index (χ0v) is 10.2. The molecule has 88 valence electrons. The minimum absolute atomic E-state index is 0. The maximum absolute atomic E-state index is 3.90. The fourth-order valence-electron chi connectivity index (χ4n) is 1.30. The Balaban J connectivity index is 0. The molecule has 1 aromatic rings. The molecule has 1 aromatic heterocycles. The van der Waals surface area contributed by atoms with Gasteiger partial charge >= 0.3 is 0 Å². The lowest BCUT2D eigenvalue weighted by Gasteiger charge is -2.13. The van der Waals surface area contributed by atoms with Crippen molar-refractivity contribution in [2.24, 2.45) is 0 Å². The van der Waals surface area contributed by atoms with E-state index in [0.717, 1.165) is 0 Å². The Morgan fingerprint density at radius 3 is 1.27 bits per heavy atom. The van der Waals surface area contributed by atoms with Crippen LogP contribution in [0.15, 0.2) is 12.4 Å². The molecule has 0 unspecified atom stereocenters. The molecule has 2 heteroatoms. The zero-order chi connectivity index (χ0) is 11.1. The molecule has 1 heterocycles. The van der Waals surface area contributed by atoms with Crippen molar-refractivity contribution < 1.29 is 0 Å². The van der Waals surface area contributed by atoms with Gasteiger partial charge in [0.25, 0.3) is 0 Å². The second-order valence-electron chi connectivity index (χ2n) is 3.71. The summed E-state index contributed by atoms with van der Waals surface area (Å²) in [4.78, 5) is 0. The first-order valence-electron chi connectivity index (χ1n) is 5.43. The molecule has 0 saturated heterocycles. The lowest BCUT2D eigenvalue weighted by molar-refractivity contribution is 0.763. The predicted octanol–water partition coefficient (Wildman–Crippen LogP) is 4.39. The molecule has 0 amide bonds. The van der Waals surface area contributed by atoms with Gasteiger partial charge < -0.3 is 0 Å². The summed E-state index contributed by atoms with van der Waals surface area (Å²) in [6.45, 7) is 12.7. The quantitative estimate of drug-likeness (QED) is 0.723. The number of nitrogens with zero attached hydrogens (tertiary/aromatic N) is 2. The Morgan fingerprint density at radius 1 is 0.800 bits per heavy atom. The van der Waals surface area contributed by atoms with Gasteiger partial charge in [0.15, 0.2) is 0 Å². The van der Waals surface area contributed by atoms with Crippen LogP contribution in [0.1, 0.15) is 71.9 Å². The molecular weight excluding hydrogens is 184 g/mol. The summed E-state index contributed by atoms with van der Waals surface area (Å²) in [5.41, 5.74) is 2.64. The molecule has 0 spiro atoms. The molecule has 1 rings (SSSR count). The molecule has 15 heavy (non-hydrogen) atoms.